The van der Waals surface area contributed by atoms with Crippen LogP contribution in [0, 0.1) is 13.8 Å². The molecule has 29 heavy (non-hydrogen) atoms. The number of amides is 2. The molecule has 0 saturated heterocycles. The summed E-state index contributed by atoms with van der Waals surface area (Å²) < 4.78 is 44.5. The van der Waals surface area contributed by atoms with Crippen LogP contribution >= 0.6 is 22.9 Å². The van der Waals surface area contributed by atoms with Gasteiger partial charge in [-0.2, -0.15) is 18.3 Å². The highest BCUT2D eigenvalue weighted by atomic mass is 35.5. The lowest BCUT2D eigenvalue weighted by molar-refractivity contribution is -0.141. The minimum atomic E-state index is -4.79. The van der Waals surface area contributed by atoms with Crippen molar-refractivity contribution in [1.29, 1.82) is 0 Å². The van der Waals surface area contributed by atoms with Gasteiger partial charge < -0.3 is 15.8 Å². The summed E-state index contributed by atoms with van der Waals surface area (Å²) in [7, 11) is 1.12. The molecule has 0 spiro atoms. The molecule has 1 unspecified atom stereocenters. The zero-order valence-corrected chi connectivity index (χ0v) is 17.2. The molecule has 13 heteroatoms. The standard InChI is InChI=1S/C16H16ClF3N4O4S/c1-5-8(15(27)28-4)14(29-10(5)12(21)25)22-13(26)7(3)24-6(2)9(17)11(23-24)16(18,19)20/h7H,1-4H3,(H2,21,25)(H,22,26). The van der Waals surface area contributed by atoms with Gasteiger partial charge in [0.05, 0.1) is 28.3 Å². The lowest BCUT2D eigenvalue weighted by Gasteiger charge is -2.14. The molecule has 158 valence electrons. The van der Waals surface area contributed by atoms with Crippen LogP contribution < -0.4 is 11.1 Å². The average molecular weight is 453 g/mol. The summed E-state index contributed by atoms with van der Waals surface area (Å²) in [6.07, 6.45) is -4.79. The second kappa shape index (κ2) is 8.03. The molecule has 2 rings (SSSR count). The largest absolute Gasteiger partial charge is 0.465 e. The molecule has 0 saturated carbocycles. The fourth-order valence-corrected chi connectivity index (χ4v) is 3.85. The molecule has 0 aliphatic heterocycles. The zero-order valence-electron chi connectivity index (χ0n) is 15.6. The van der Waals surface area contributed by atoms with Gasteiger partial charge in [-0.1, -0.05) is 11.6 Å². The van der Waals surface area contributed by atoms with Crippen molar-refractivity contribution in [3.63, 3.8) is 0 Å². The van der Waals surface area contributed by atoms with E-state index in [1.165, 1.54) is 20.8 Å². The molecular formula is C16H16ClF3N4O4S. The smallest absolute Gasteiger partial charge is 0.436 e. The summed E-state index contributed by atoms with van der Waals surface area (Å²) in [5, 5.41) is 5.19. The minimum absolute atomic E-state index is 0.0213. The van der Waals surface area contributed by atoms with Crippen molar-refractivity contribution in [2.75, 3.05) is 12.4 Å². The third kappa shape index (κ3) is 4.22. The van der Waals surface area contributed by atoms with Crippen molar-refractivity contribution in [2.45, 2.75) is 33.0 Å². The number of halogens is 4. The lowest BCUT2D eigenvalue weighted by Crippen LogP contribution is -2.26. The van der Waals surface area contributed by atoms with E-state index in [1.807, 2.05) is 0 Å². The van der Waals surface area contributed by atoms with Gasteiger partial charge in [0.1, 0.15) is 11.0 Å². The summed E-state index contributed by atoms with van der Waals surface area (Å²) in [5.74, 6) is -2.41. The Balaban J connectivity index is 2.42. The molecule has 0 aliphatic rings. The molecule has 0 aromatic carbocycles. The number of rotatable bonds is 5. The van der Waals surface area contributed by atoms with Crippen molar-refractivity contribution in [3.05, 3.63) is 32.4 Å². The van der Waals surface area contributed by atoms with Gasteiger partial charge in [-0.15, -0.1) is 11.3 Å². The van der Waals surface area contributed by atoms with Gasteiger partial charge >= 0.3 is 12.1 Å². The number of nitrogens with one attached hydrogen (secondary N) is 1. The quantitative estimate of drug-likeness (QED) is 0.675. The highest BCUT2D eigenvalue weighted by Gasteiger charge is 2.39. The normalized spacial score (nSPS) is 12.6. The van der Waals surface area contributed by atoms with Gasteiger partial charge in [0.2, 0.25) is 5.91 Å². The third-order valence-corrected chi connectivity index (χ3v) is 5.76. The van der Waals surface area contributed by atoms with Crippen LogP contribution in [0.25, 0.3) is 0 Å². The number of aromatic nitrogens is 2. The monoisotopic (exact) mass is 452 g/mol. The summed E-state index contributed by atoms with van der Waals surface area (Å²) in [5.41, 5.74) is 4.05. The van der Waals surface area contributed by atoms with E-state index in [2.05, 4.69) is 15.2 Å². The topological polar surface area (TPSA) is 116 Å². The maximum Gasteiger partial charge on any atom is 0.436 e. The maximum absolute atomic E-state index is 13.0. The third-order valence-electron chi connectivity index (χ3n) is 4.09. The Kier molecular flexibility index (Phi) is 6.28. The molecule has 0 bridgehead atoms. The van der Waals surface area contributed by atoms with Crippen molar-refractivity contribution >= 4 is 45.7 Å². The van der Waals surface area contributed by atoms with E-state index < -0.39 is 40.7 Å². The van der Waals surface area contributed by atoms with Crippen LogP contribution in [0.4, 0.5) is 18.2 Å². The Morgan fingerprint density at radius 2 is 1.90 bits per heavy atom. The predicted octanol–water partition coefficient (Wildman–Crippen LogP) is 3.32. The summed E-state index contributed by atoms with van der Waals surface area (Å²) in [6.45, 7) is 4.04. The molecule has 3 N–H and O–H groups in total. The van der Waals surface area contributed by atoms with Crippen LogP contribution in [0.2, 0.25) is 5.02 Å². The second-order valence-electron chi connectivity index (χ2n) is 5.97. The van der Waals surface area contributed by atoms with Crippen LogP contribution in [-0.2, 0) is 15.7 Å². The van der Waals surface area contributed by atoms with Crippen LogP contribution in [0.3, 0.4) is 0 Å². The summed E-state index contributed by atoms with van der Waals surface area (Å²) in [6, 6.07) is -1.21. The van der Waals surface area contributed by atoms with E-state index in [0.717, 1.165) is 23.1 Å². The number of carbonyl (C=O) groups excluding carboxylic acids is 3. The number of alkyl halides is 3. The van der Waals surface area contributed by atoms with E-state index in [4.69, 9.17) is 17.3 Å². The van der Waals surface area contributed by atoms with E-state index >= 15 is 0 Å². The van der Waals surface area contributed by atoms with Gasteiger partial charge in [0.15, 0.2) is 5.69 Å². The second-order valence-corrected chi connectivity index (χ2v) is 7.37. The van der Waals surface area contributed by atoms with Crippen LogP contribution in [0.15, 0.2) is 0 Å². The van der Waals surface area contributed by atoms with Crippen LogP contribution in [0.1, 0.15) is 49.9 Å². The van der Waals surface area contributed by atoms with E-state index in [1.54, 1.807) is 0 Å². The first-order chi connectivity index (χ1) is 13.3. The van der Waals surface area contributed by atoms with E-state index in [-0.39, 0.29) is 26.7 Å². The number of carbonyl (C=O) groups is 3. The van der Waals surface area contributed by atoms with Gasteiger partial charge in [-0.25, -0.2) is 4.79 Å². The van der Waals surface area contributed by atoms with Crippen molar-refractivity contribution in [1.82, 2.24) is 9.78 Å². The molecule has 0 radical (unpaired) electrons. The van der Waals surface area contributed by atoms with E-state index in [0.29, 0.717) is 0 Å². The van der Waals surface area contributed by atoms with Crippen molar-refractivity contribution < 1.29 is 32.3 Å². The highest BCUT2D eigenvalue weighted by Crippen LogP contribution is 2.37. The molecule has 2 aromatic heterocycles. The van der Waals surface area contributed by atoms with Crippen LogP contribution in [-0.4, -0.2) is 34.7 Å². The number of hydrogen-bond acceptors (Lipinski definition) is 6. The SMILES string of the molecule is COC(=O)c1c(NC(=O)C(C)n2nc(C(F)(F)F)c(Cl)c2C)sc(C(N)=O)c1C. The molecule has 2 aromatic rings. The summed E-state index contributed by atoms with van der Waals surface area (Å²) in [4.78, 5) is 36.3. The van der Waals surface area contributed by atoms with Gasteiger partial charge in [0.25, 0.3) is 5.91 Å². The molecule has 1 atom stereocenters. The number of thiophene rings is 1. The molecular weight excluding hydrogens is 437 g/mol. The number of nitrogens with zero attached hydrogens (tertiary/aromatic N) is 2. The molecule has 2 heterocycles. The Morgan fingerprint density at radius 1 is 1.31 bits per heavy atom. The number of nitrogens with two attached hydrogens (primary N) is 1. The van der Waals surface area contributed by atoms with E-state index in [9.17, 15) is 27.6 Å². The lowest BCUT2D eigenvalue weighted by atomic mass is 10.1. The van der Waals surface area contributed by atoms with Crippen molar-refractivity contribution in [2.24, 2.45) is 5.73 Å². The van der Waals surface area contributed by atoms with Gasteiger partial charge in [0, 0.05) is 0 Å². The number of primary amides is 1. The Morgan fingerprint density at radius 3 is 2.34 bits per heavy atom. The molecule has 0 fully saturated rings. The number of methoxy groups -OCH3 is 1. The first-order valence-electron chi connectivity index (χ1n) is 7.95. The summed E-state index contributed by atoms with van der Waals surface area (Å²) >= 11 is 6.46. The first kappa shape index (κ1) is 22.7. The Labute approximate surface area is 171 Å². The van der Waals surface area contributed by atoms with Crippen LogP contribution in [0.5, 0.6) is 0 Å². The minimum Gasteiger partial charge on any atom is -0.465 e. The fourth-order valence-electron chi connectivity index (χ4n) is 2.57. The Hall–Kier alpha value is -2.60. The zero-order chi connectivity index (χ0) is 22.3. The fraction of sp³-hybridized carbons (Fsp3) is 0.375. The maximum atomic E-state index is 13.0. The predicted molar refractivity (Wildman–Crippen MR) is 99.2 cm³/mol. The highest BCUT2D eigenvalue weighted by molar-refractivity contribution is 7.18. The number of esters is 1. The molecule has 0 aliphatic carbocycles. The number of anilines is 1. The van der Waals surface area contributed by atoms with Gasteiger partial charge in [-0.3, -0.25) is 14.3 Å². The number of hydrogen-bond donors (Lipinski definition) is 2. The molecule has 2 amide bonds. The first-order valence-corrected chi connectivity index (χ1v) is 9.14. The number of ether oxygens (including phenoxy) is 1. The van der Waals surface area contributed by atoms with Gasteiger partial charge in [-0.05, 0) is 26.3 Å². The molecule has 8 nitrogen and oxygen atoms in total. The van der Waals surface area contributed by atoms with Crippen molar-refractivity contribution in [3.8, 4) is 0 Å². The Bertz CT molecular complexity index is 999. The average Bonchev–Trinajstić information content (AvgIpc) is 3.11.